The Morgan fingerprint density at radius 3 is 2.25 bits per heavy atom. The number of aliphatic hydroxyl groups excluding tert-OH is 2. The summed E-state index contributed by atoms with van der Waals surface area (Å²) in [6.07, 6.45) is -0.843. The van der Waals surface area contributed by atoms with Gasteiger partial charge in [0.25, 0.3) is 0 Å². The van der Waals surface area contributed by atoms with Gasteiger partial charge in [-0.25, -0.2) is 5.90 Å². The van der Waals surface area contributed by atoms with E-state index in [1.54, 1.807) is 0 Å². The maximum Gasteiger partial charge on any atom is 0.102 e. The van der Waals surface area contributed by atoms with Gasteiger partial charge in [-0.05, 0) is 0 Å². The Balaban J connectivity index is 0. The Hall–Kier alpha value is -0.230. The Morgan fingerprint density at radius 1 is 1.62 bits per heavy atom. The molecule has 0 spiro atoms. The number of rotatable bonds is 3. The highest BCUT2D eigenvalue weighted by Gasteiger charge is 1.97. The molecular formula is C3H10FNO3. The van der Waals surface area contributed by atoms with Crippen LogP contribution in [0.5, 0.6) is 0 Å². The van der Waals surface area contributed by atoms with Crippen LogP contribution in [0.4, 0.5) is 4.70 Å². The van der Waals surface area contributed by atoms with Crippen LogP contribution in [0, 0.1) is 0 Å². The molecule has 0 amide bonds. The van der Waals surface area contributed by atoms with Crippen LogP contribution < -0.4 is 5.90 Å². The van der Waals surface area contributed by atoms with Gasteiger partial charge in [0.15, 0.2) is 0 Å². The molecule has 0 aromatic heterocycles. The van der Waals surface area contributed by atoms with Crippen LogP contribution in [0.15, 0.2) is 0 Å². The molecule has 5 heteroatoms. The monoisotopic (exact) mass is 127 g/mol. The Labute approximate surface area is 46.2 Å². The van der Waals surface area contributed by atoms with Crippen molar-refractivity contribution in [2.45, 2.75) is 6.10 Å². The van der Waals surface area contributed by atoms with Crippen LogP contribution in [0.2, 0.25) is 0 Å². The highest BCUT2D eigenvalue weighted by atomic mass is 19.0. The Kier molecular flexibility index (Phi) is 9.05. The smallest absolute Gasteiger partial charge is 0.102 e. The van der Waals surface area contributed by atoms with Gasteiger partial charge in [-0.15, -0.1) is 0 Å². The van der Waals surface area contributed by atoms with Gasteiger partial charge in [0.1, 0.15) is 6.10 Å². The predicted molar refractivity (Wildman–Crippen MR) is 25.7 cm³/mol. The first kappa shape index (κ1) is 10.7. The molecule has 0 aliphatic carbocycles. The fourth-order valence-electron chi connectivity index (χ4n) is 0.164. The second-order valence-electron chi connectivity index (χ2n) is 1.17. The summed E-state index contributed by atoms with van der Waals surface area (Å²) in [5.41, 5.74) is 0. The van der Waals surface area contributed by atoms with Crippen molar-refractivity contribution in [1.29, 1.82) is 0 Å². The molecule has 0 aromatic rings. The zero-order valence-corrected chi connectivity index (χ0v) is 4.28. The first-order valence-corrected chi connectivity index (χ1v) is 1.92. The molecule has 0 aliphatic heterocycles. The van der Waals surface area contributed by atoms with Gasteiger partial charge < -0.3 is 15.1 Å². The van der Waals surface area contributed by atoms with Crippen LogP contribution in [0.3, 0.4) is 0 Å². The van der Waals surface area contributed by atoms with Crippen molar-refractivity contribution in [2.24, 2.45) is 5.90 Å². The third-order valence-corrected chi connectivity index (χ3v) is 0.499. The van der Waals surface area contributed by atoms with Gasteiger partial charge in [0, 0.05) is 0 Å². The molecule has 0 saturated carbocycles. The molecule has 0 radical (unpaired) electrons. The summed E-state index contributed by atoms with van der Waals surface area (Å²) < 4.78 is 0. The number of halogens is 1. The minimum atomic E-state index is -0.843. The first-order valence-electron chi connectivity index (χ1n) is 1.92. The van der Waals surface area contributed by atoms with E-state index in [2.05, 4.69) is 10.7 Å². The maximum atomic E-state index is 8.40. The fraction of sp³-hybridized carbons (Fsp3) is 1.00. The second kappa shape index (κ2) is 6.77. The fourth-order valence-corrected chi connectivity index (χ4v) is 0.164. The molecule has 0 bridgehead atoms. The lowest BCUT2D eigenvalue weighted by atomic mass is 10.4. The number of nitrogens with two attached hydrogens (primary N) is 1. The van der Waals surface area contributed by atoms with Crippen molar-refractivity contribution < 1.29 is 19.8 Å². The second-order valence-corrected chi connectivity index (χ2v) is 1.17. The summed E-state index contributed by atoms with van der Waals surface area (Å²) in [5, 5.41) is 16.5. The third kappa shape index (κ3) is 5.77. The summed E-state index contributed by atoms with van der Waals surface area (Å²) in [4.78, 5) is 3.98. The highest BCUT2D eigenvalue weighted by molar-refractivity contribution is 4.45. The van der Waals surface area contributed by atoms with E-state index in [0.29, 0.717) is 0 Å². The van der Waals surface area contributed by atoms with Crippen LogP contribution in [-0.2, 0) is 4.84 Å². The Morgan fingerprint density at radius 2 is 2.12 bits per heavy atom. The molecule has 1 atom stereocenters. The summed E-state index contributed by atoms with van der Waals surface area (Å²) >= 11 is 0. The summed E-state index contributed by atoms with van der Waals surface area (Å²) in [6.45, 7) is -0.326. The van der Waals surface area contributed by atoms with Crippen LogP contribution in [0.25, 0.3) is 0 Å². The van der Waals surface area contributed by atoms with E-state index < -0.39 is 6.10 Å². The van der Waals surface area contributed by atoms with Crippen LogP contribution >= 0.6 is 0 Å². The lowest BCUT2D eigenvalue weighted by Gasteiger charge is -2.01. The molecule has 0 aromatic carbocycles. The molecule has 8 heavy (non-hydrogen) atoms. The molecule has 52 valence electrons. The number of aliphatic hydroxyl groups is 2. The van der Waals surface area contributed by atoms with Gasteiger partial charge in [-0.2, -0.15) is 0 Å². The average molecular weight is 127 g/mol. The van der Waals surface area contributed by atoms with E-state index in [0.717, 1.165) is 0 Å². The Bertz CT molecular complexity index is 45.5. The molecular weight excluding hydrogens is 117 g/mol. The van der Waals surface area contributed by atoms with Crippen LogP contribution in [0.1, 0.15) is 0 Å². The van der Waals surface area contributed by atoms with Gasteiger partial charge in [-0.1, -0.05) is 0 Å². The summed E-state index contributed by atoms with van der Waals surface area (Å²) in [7, 11) is 0. The lowest BCUT2D eigenvalue weighted by molar-refractivity contribution is 0.00574. The summed E-state index contributed by atoms with van der Waals surface area (Å²) in [5.74, 6) is 4.53. The average Bonchev–Trinajstić information content (AvgIpc) is 1.68. The molecule has 0 saturated heterocycles. The van der Waals surface area contributed by atoms with E-state index in [4.69, 9.17) is 10.2 Å². The topological polar surface area (TPSA) is 75.7 Å². The predicted octanol–water partition coefficient (Wildman–Crippen LogP) is -1.62. The van der Waals surface area contributed by atoms with E-state index in [9.17, 15) is 0 Å². The largest absolute Gasteiger partial charge is 0.394 e. The zero-order chi connectivity index (χ0) is 5.70. The minimum Gasteiger partial charge on any atom is -0.394 e. The lowest BCUT2D eigenvalue weighted by Crippen LogP contribution is -2.21. The van der Waals surface area contributed by atoms with Gasteiger partial charge in [0.05, 0.1) is 13.2 Å². The van der Waals surface area contributed by atoms with Crippen molar-refractivity contribution in [3.8, 4) is 0 Å². The molecule has 0 heterocycles. The zero-order valence-electron chi connectivity index (χ0n) is 4.28. The van der Waals surface area contributed by atoms with Gasteiger partial charge in [-0.3, -0.25) is 4.70 Å². The standard InChI is InChI=1S/C3H9NO3.FH/c4-7-2-3(6)1-5;/h3,5-6H,1-2,4H2;1H. The van der Waals surface area contributed by atoms with E-state index >= 15 is 0 Å². The summed E-state index contributed by atoms with van der Waals surface area (Å²) in [6, 6.07) is 0. The van der Waals surface area contributed by atoms with Crippen molar-refractivity contribution in [3.63, 3.8) is 0 Å². The molecule has 0 aliphatic rings. The first-order chi connectivity index (χ1) is 3.31. The highest BCUT2D eigenvalue weighted by Crippen LogP contribution is 1.76. The van der Waals surface area contributed by atoms with E-state index in [1.165, 1.54) is 0 Å². The maximum absolute atomic E-state index is 8.40. The van der Waals surface area contributed by atoms with Crippen molar-refractivity contribution in [2.75, 3.05) is 13.2 Å². The molecule has 0 rings (SSSR count). The van der Waals surface area contributed by atoms with Crippen molar-refractivity contribution in [1.82, 2.24) is 0 Å². The molecule has 1 unspecified atom stereocenters. The normalized spacial score (nSPS) is 12.4. The minimum absolute atomic E-state index is 0. The molecule has 0 fully saturated rings. The van der Waals surface area contributed by atoms with Gasteiger partial charge >= 0.3 is 0 Å². The van der Waals surface area contributed by atoms with Crippen molar-refractivity contribution >= 4 is 0 Å². The molecule has 4 N–H and O–H groups in total. The van der Waals surface area contributed by atoms with Crippen LogP contribution in [-0.4, -0.2) is 29.5 Å². The molecule has 4 nitrogen and oxygen atoms in total. The van der Waals surface area contributed by atoms with Crippen molar-refractivity contribution in [3.05, 3.63) is 0 Å². The number of hydrogen-bond acceptors (Lipinski definition) is 4. The van der Waals surface area contributed by atoms with Gasteiger partial charge in [0.2, 0.25) is 0 Å². The number of hydrogen-bond donors (Lipinski definition) is 3. The quantitative estimate of drug-likeness (QED) is 0.398. The van der Waals surface area contributed by atoms with E-state index in [-0.39, 0.29) is 17.9 Å². The third-order valence-electron chi connectivity index (χ3n) is 0.499. The SMILES string of the molecule is F.NOCC(O)CO. The van der Waals surface area contributed by atoms with E-state index in [1.807, 2.05) is 0 Å².